The van der Waals surface area contributed by atoms with Crippen molar-refractivity contribution in [1.82, 2.24) is 4.72 Å². The zero-order valence-corrected chi connectivity index (χ0v) is 13.4. The Bertz CT molecular complexity index is 623. The minimum Gasteiger partial charge on any atom is -0.399 e. The van der Waals surface area contributed by atoms with Crippen molar-refractivity contribution in [3.05, 3.63) is 23.5 Å². The second kappa shape index (κ2) is 5.93. The van der Waals surface area contributed by atoms with E-state index in [-0.39, 0.29) is 21.6 Å². The highest BCUT2D eigenvalue weighted by molar-refractivity contribution is 7.89. The first-order valence-electron chi connectivity index (χ1n) is 7.35. The van der Waals surface area contributed by atoms with Crippen molar-refractivity contribution in [2.24, 2.45) is 5.41 Å². The van der Waals surface area contributed by atoms with Gasteiger partial charge in [-0.05, 0) is 43.7 Å². The number of nitrogens with two attached hydrogens (primary N) is 1. The molecule has 0 aliphatic heterocycles. The molecule has 0 bridgehead atoms. The number of nitrogen functional groups attached to an aromatic ring is 1. The Kier molecular flexibility index (Phi) is 4.58. The minimum atomic E-state index is -3.74. The van der Waals surface area contributed by atoms with Crippen molar-refractivity contribution in [3.63, 3.8) is 0 Å². The average molecular weight is 314 g/mol. The van der Waals surface area contributed by atoms with E-state index >= 15 is 0 Å². The molecule has 0 amide bonds. The molecule has 118 valence electrons. The van der Waals surface area contributed by atoms with Crippen LogP contribution in [0.5, 0.6) is 0 Å². The van der Waals surface area contributed by atoms with Crippen molar-refractivity contribution >= 4 is 15.7 Å². The maximum Gasteiger partial charge on any atom is 0.241 e. The zero-order chi connectivity index (χ0) is 15.7. The Labute approximate surface area is 126 Å². The van der Waals surface area contributed by atoms with Crippen molar-refractivity contribution in [3.8, 4) is 0 Å². The summed E-state index contributed by atoms with van der Waals surface area (Å²) in [6.45, 7) is 3.95. The molecule has 0 radical (unpaired) electrons. The molecule has 1 saturated carbocycles. The number of benzene rings is 1. The van der Waals surface area contributed by atoms with Gasteiger partial charge in [-0.15, -0.1) is 0 Å². The summed E-state index contributed by atoms with van der Waals surface area (Å²) in [5.41, 5.74) is 5.83. The first-order chi connectivity index (χ1) is 9.80. The van der Waals surface area contributed by atoms with Crippen LogP contribution in [0.2, 0.25) is 0 Å². The highest BCUT2D eigenvalue weighted by Crippen LogP contribution is 2.40. The van der Waals surface area contributed by atoms with Gasteiger partial charge < -0.3 is 5.73 Å². The molecule has 1 fully saturated rings. The zero-order valence-electron chi connectivity index (χ0n) is 12.6. The number of halogens is 1. The van der Waals surface area contributed by atoms with Crippen LogP contribution in [-0.4, -0.2) is 15.0 Å². The minimum absolute atomic E-state index is 0.0415. The maximum atomic E-state index is 13.7. The molecule has 1 aliphatic carbocycles. The highest BCUT2D eigenvalue weighted by atomic mass is 32.2. The number of sulfonamides is 1. The first kappa shape index (κ1) is 16.2. The molecular weight excluding hydrogens is 291 g/mol. The van der Waals surface area contributed by atoms with Crippen LogP contribution in [0.15, 0.2) is 17.0 Å². The van der Waals surface area contributed by atoms with Gasteiger partial charge in [0.2, 0.25) is 10.0 Å². The fraction of sp³-hybridized carbons (Fsp3) is 0.600. The summed E-state index contributed by atoms with van der Waals surface area (Å²) < 4.78 is 41.2. The van der Waals surface area contributed by atoms with Gasteiger partial charge in [-0.3, -0.25) is 0 Å². The third-order valence-corrected chi connectivity index (χ3v) is 6.19. The van der Waals surface area contributed by atoms with E-state index in [2.05, 4.69) is 11.6 Å². The van der Waals surface area contributed by atoms with Crippen LogP contribution in [0.25, 0.3) is 0 Å². The predicted molar refractivity (Wildman–Crippen MR) is 81.9 cm³/mol. The summed E-state index contributed by atoms with van der Waals surface area (Å²) in [5, 5.41) is 0. The van der Waals surface area contributed by atoms with Crippen LogP contribution in [0.3, 0.4) is 0 Å². The van der Waals surface area contributed by atoms with Crippen molar-refractivity contribution in [2.45, 2.75) is 50.8 Å². The number of rotatable bonds is 5. The van der Waals surface area contributed by atoms with Gasteiger partial charge in [-0.25, -0.2) is 17.5 Å². The van der Waals surface area contributed by atoms with E-state index in [0.29, 0.717) is 6.54 Å². The molecule has 6 heteroatoms. The molecule has 1 aliphatic rings. The van der Waals surface area contributed by atoms with Crippen molar-refractivity contribution in [2.75, 3.05) is 12.3 Å². The molecule has 3 N–H and O–H groups in total. The van der Waals surface area contributed by atoms with Gasteiger partial charge in [0.15, 0.2) is 0 Å². The van der Waals surface area contributed by atoms with Crippen LogP contribution < -0.4 is 10.5 Å². The normalized spacial score (nSPS) is 18.0. The van der Waals surface area contributed by atoms with Crippen LogP contribution in [0.1, 0.15) is 44.6 Å². The van der Waals surface area contributed by atoms with E-state index < -0.39 is 15.8 Å². The van der Waals surface area contributed by atoms with E-state index in [1.165, 1.54) is 13.0 Å². The van der Waals surface area contributed by atoms with Crippen LogP contribution in [0.4, 0.5) is 10.1 Å². The molecule has 21 heavy (non-hydrogen) atoms. The fourth-order valence-electron chi connectivity index (χ4n) is 3.06. The molecule has 0 heterocycles. The Morgan fingerprint density at radius 3 is 2.52 bits per heavy atom. The molecule has 0 unspecified atom stereocenters. The maximum absolute atomic E-state index is 13.7. The number of anilines is 1. The lowest BCUT2D eigenvalue weighted by Gasteiger charge is -2.27. The average Bonchev–Trinajstić information content (AvgIpc) is 2.90. The number of nitrogens with one attached hydrogen (secondary N) is 1. The number of hydrogen-bond acceptors (Lipinski definition) is 3. The molecule has 0 atom stereocenters. The smallest absolute Gasteiger partial charge is 0.241 e. The lowest BCUT2D eigenvalue weighted by atomic mass is 9.84. The van der Waals surface area contributed by atoms with Gasteiger partial charge in [0.1, 0.15) is 5.82 Å². The molecular formula is C15H23FN2O2S. The predicted octanol–water partition coefficient (Wildman–Crippen LogP) is 2.97. The Morgan fingerprint density at radius 1 is 1.33 bits per heavy atom. The van der Waals surface area contributed by atoms with Crippen LogP contribution in [0, 0.1) is 18.2 Å². The number of hydrogen-bond donors (Lipinski definition) is 2. The second-order valence-electron chi connectivity index (χ2n) is 6.01. The summed E-state index contributed by atoms with van der Waals surface area (Å²) in [5.74, 6) is -0.596. The Hall–Kier alpha value is -1.14. The Morgan fingerprint density at radius 2 is 1.95 bits per heavy atom. The highest BCUT2D eigenvalue weighted by Gasteiger charge is 2.33. The summed E-state index contributed by atoms with van der Waals surface area (Å²) in [6.07, 6.45) is 5.30. The van der Waals surface area contributed by atoms with Crippen LogP contribution in [-0.2, 0) is 10.0 Å². The lowest BCUT2D eigenvalue weighted by molar-refractivity contribution is 0.285. The van der Waals surface area contributed by atoms with E-state index in [1.54, 1.807) is 0 Å². The largest absolute Gasteiger partial charge is 0.399 e. The quantitative estimate of drug-likeness (QED) is 0.821. The van der Waals surface area contributed by atoms with E-state index in [4.69, 9.17) is 5.73 Å². The van der Waals surface area contributed by atoms with Crippen LogP contribution >= 0.6 is 0 Å². The molecule has 1 aromatic rings. The monoisotopic (exact) mass is 314 g/mol. The standard InChI is InChI=1S/C15H23FN2O2S/c1-3-15(6-4-5-7-15)10-18-21(19,20)14-9-12(17)8-13(16)11(14)2/h8-9,18H,3-7,10,17H2,1-2H3. The molecule has 4 nitrogen and oxygen atoms in total. The van der Waals surface area contributed by atoms with Gasteiger partial charge in [0, 0.05) is 17.8 Å². The van der Waals surface area contributed by atoms with E-state index in [0.717, 1.165) is 38.2 Å². The lowest BCUT2D eigenvalue weighted by Crippen LogP contribution is -2.36. The summed E-state index contributed by atoms with van der Waals surface area (Å²) in [7, 11) is -3.74. The fourth-order valence-corrected chi connectivity index (χ4v) is 4.50. The van der Waals surface area contributed by atoms with Gasteiger partial charge in [-0.2, -0.15) is 0 Å². The Balaban J connectivity index is 2.23. The third kappa shape index (κ3) is 3.37. The summed E-state index contributed by atoms with van der Waals surface area (Å²) >= 11 is 0. The summed E-state index contributed by atoms with van der Waals surface area (Å²) in [6, 6.07) is 2.45. The third-order valence-electron chi connectivity index (χ3n) is 4.66. The summed E-state index contributed by atoms with van der Waals surface area (Å²) in [4.78, 5) is -0.0655. The second-order valence-corrected chi connectivity index (χ2v) is 7.75. The van der Waals surface area contributed by atoms with Gasteiger partial charge in [-0.1, -0.05) is 19.8 Å². The molecule has 0 spiro atoms. The van der Waals surface area contributed by atoms with Gasteiger partial charge in [0.25, 0.3) is 0 Å². The van der Waals surface area contributed by atoms with Crippen molar-refractivity contribution in [1.29, 1.82) is 0 Å². The van der Waals surface area contributed by atoms with Crippen molar-refractivity contribution < 1.29 is 12.8 Å². The molecule has 1 aromatic carbocycles. The molecule has 2 rings (SSSR count). The van der Waals surface area contributed by atoms with Gasteiger partial charge >= 0.3 is 0 Å². The SMILES string of the molecule is CCC1(CNS(=O)(=O)c2cc(N)cc(F)c2C)CCCC1. The molecule has 0 aromatic heterocycles. The van der Waals surface area contributed by atoms with E-state index in [9.17, 15) is 12.8 Å². The topological polar surface area (TPSA) is 72.2 Å². The van der Waals surface area contributed by atoms with E-state index in [1.807, 2.05) is 0 Å². The first-order valence-corrected chi connectivity index (χ1v) is 8.83. The van der Waals surface area contributed by atoms with Gasteiger partial charge in [0.05, 0.1) is 4.90 Å². The molecule has 0 saturated heterocycles.